The van der Waals surface area contributed by atoms with Crippen LogP contribution in [0, 0.1) is 11.7 Å². The van der Waals surface area contributed by atoms with Crippen LogP contribution in [0.3, 0.4) is 0 Å². The van der Waals surface area contributed by atoms with Crippen molar-refractivity contribution in [3.8, 4) is 11.5 Å². The number of carbonyl (C=O) groups is 1. The van der Waals surface area contributed by atoms with E-state index in [4.69, 9.17) is 9.47 Å². The van der Waals surface area contributed by atoms with Crippen molar-refractivity contribution in [2.45, 2.75) is 19.5 Å². The number of nitrogens with zero attached hydrogens (tertiary/aromatic N) is 1. The lowest BCUT2D eigenvalue weighted by atomic mass is 9.94. The number of rotatable bonds is 4. The van der Waals surface area contributed by atoms with Gasteiger partial charge < -0.3 is 14.8 Å². The maximum Gasteiger partial charge on any atom is 0.262 e. The van der Waals surface area contributed by atoms with Gasteiger partial charge >= 0.3 is 0 Å². The van der Waals surface area contributed by atoms with Gasteiger partial charge in [-0.05, 0) is 66.4 Å². The average Bonchev–Trinajstić information content (AvgIpc) is 3.22. The van der Waals surface area contributed by atoms with Crippen LogP contribution in [0.5, 0.6) is 11.5 Å². The lowest BCUT2D eigenvalue weighted by molar-refractivity contribution is 0.0967. The van der Waals surface area contributed by atoms with Crippen molar-refractivity contribution < 1.29 is 18.7 Å². The van der Waals surface area contributed by atoms with Crippen molar-refractivity contribution in [2.24, 2.45) is 5.92 Å². The minimum atomic E-state index is -0.332. The molecule has 2 heterocycles. The molecule has 5 rings (SSSR count). The van der Waals surface area contributed by atoms with E-state index in [1.165, 1.54) is 12.1 Å². The predicted molar refractivity (Wildman–Crippen MR) is 112 cm³/mol. The Morgan fingerprint density at radius 3 is 2.67 bits per heavy atom. The molecule has 1 amide bonds. The summed E-state index contributed by atoms with van der Waals surface area (Å²) in [5, 5.41) is 3.52. The molecular formula is C24H21FN2O3. The van der Waals surface area contributed by atoms with Crippen LogP contribution in [0.1, 0.15) is 22.8 Å². The first-order chi connectivity index (χ1) is 14.6. The second kappa shape index (κ2) is 7.37. The Balaban J connectivity index is 1.48. The topological polar surface area (TPSA) is 50.8 Å². The van der Waals surface area contributed by atoms with Gasteiger partial charge in [-0.1, -0.05) is 25.1 Å². The number of hydrogen-bond acceptors (Lipinski definition) is 4. The fourth-order valence-corrected chi connectivity index (χ4v) is 4.10. The Hall–Kier alpha value is -3.54. The number of anilines is 2. The van der Waals surface area contributed by atoms with Crippen molar-refractivity contribution in [2.75, 3.05) is 17.0 Å². The van der Waals surface area contributed by atoms with E-state index < -0.39 is 0 Å². The van der Waals surface area contributed by atoms with E-state index in [9.17, 15) is 9.18 Å². The number of hydrogen-bond donors (Lipinski definition) is 1. The van der Waals surface area contributed by atoms with Crippen molar-refractivity contribution in [1.29, 1.82) is 0 Å². The molecule has 0 spiro atoms. The van der Waals surface area contributed by atoms with Gasteiger partial charge in [0.2, 0.25) is 6.79 Å². The molecule has 3 aromatic carbocycles. The molecule has 2 atom stereocenters. The second-order valence-electron chi connectivity index (χ2n) is 7.66. The summed E-state index contributed by atoms with van der Waals surface area (Å²) in [4.78, 5) is 15.1. The van der Waals surface area contributed by atoms with Crippen molar-refractivity contribution in [3.63, 3.8) is 0 Å². The zero-order valence-electron chi connectivity index (χ0n) is 16.5. The molecule has 0 unspecified atom stereocenters. The molecule has 6 heteroatoms. The number of halogens is 1. The van der Waals surface area contributed by atoms with E-state index in [2.05, 4.69) is 12.2 Å². The fourth-order valence-electron chi connectivity index (χ4n) is 4.10. The molecule has 2 aliphatic heterocycles. The molecular weight excluding hydrogens is 383 g/mol. The molecule has 0 fully saturated rings. The normalized spacial score (nSPS) is 18.0. The van der Waals surface area contributed by atoms with E-state index in [0.29, 0.717) is 11.3 Å². The molecule has 0 saturated carbocycles. The predicted octanol–water partition coefficient (Wildman–Crippen LogP) is 4.83. The van der Waals surface area contributed by atoms with Crippen molar-refractivity contribution >= 4 is 17.3 Å². The summed E-state index contributed by atoms with van der Waals surface area (Å²) in [6.07, 6.45) is 0.435. The quantitative estimate of drug-likeness (QED) is 0.677. The number of para-hydroxylation sites is 1. The molecule has 5 nitrogen and oxygen atoms in total. The van der Waals surface area contributed by atoms with E-state index in [1.807, 2.05) is 36.4 Å². The zero-order chi connectivity index (χ0) is 20.7. The van der Waals surface area contributed by atoms with Gasteiger partial charge in [0.05, 0.1) is 5.56 Å². The Morgan fingerprint density at radius 1 is 1.07 bits per heavy atom. The second-order valence-corrected chi connectivity index (χ2v) is 7.66. The van der Waals surface area contributed by atoms with Gasteiger partial charge in [-0.25, -0.2) is 4.39 Å². The summed E-state index contributed by atoms with van der Waals surface area (Å²) in [5.74, 6) is 1.13. The molecule has 0 aromatic heterocycles. The van der Waals surface area contributed by atoms with Gasteiger partial charge in [-0.15, -0.1) is 0 Å². The maximum atomic E-state index is 13.5. The average molecular weight is 404 g/mol. The third kappa shape index (κ3) is 3.24. The van der Waals surface area contributed by atoms with E-state index in [0.717, 1.165) is 29.2 Å². The standard InChI is InChI=1S/C24H21FN2O3/c1-15(12-16-6-11-21-22(13-16)30-14-29-21)23-26-20-5-3-2-4-19(20)24(28)27(23)18-9-7-17(25)8-10-18/h2-11,13,15,23,26H,12,14H2,1H3/t15-,23-/m1/s1. The first-order valence-corrected chi connectivity index (χ1v) is 9.93. The van der Waals surface area contributed by atoms with Crippen LogP contribution in [0.15, 0.2) is 66.7 Å². The highest BCUT2D eigenvalue weighted by molar-refractivity contribution is 6.12. The van der Waals surface area contributed by atoms with Gasteiger partial charge in [0, 0.05) is 11.4 Å². The third-order valence-corrected chi connectivity index (χ3v) is 5.60. The van der Waals surface area contributed by atoms with Crippen LogP contribution in [0.2, 0.25) is 0 Å². The van der Waals surface area contributed by atoms with Crippen LogP contribution in [-0.4, -0.2) is 18.9 Å². The van der Waals surface area contributed by atoms with Crippen LogP contribution in [-0.2, 0) is 6.42 Å². The SMILES string of the molecule is C[C@H](Cc1ccc2c(c1)OCO2)[C@@H]1Nc2ccccc2C(=O)N1c1ccc(F)cc1. The van der Waals surface area contributed by atoms with Gasteiger partial charge in [-0.2, -0.15) is 0 Å². The molecule has 0 bridgehead atoms. The Bertz CT molecular complexity index is 1100. The number of ether oxygens (including phenoxy) is 2. The fraction of sp³-hybridized carbons (Fsp3) is 0.208. The zero-order valence-corrected chi connectivity index (χ0v) is 16.5. The van der Waals surface area contributed by atoms with Gasteiger partial charge in [0.25, 0.3) is 5.91 Å². The minimum absolute atomic E-state index is 0.0627. The first kappa shape index (κ1) is 18.5. The molecule has 1 N–H and O–H groups in total. The number of nitrogens with one attached hydrogen (secondary N) is 1. The molecule has 2 aliphatic rings. The van der Waals surface area contributed by atoms with E-state index in [-0.39, 0.29) is 30.6 Å². The summed E-state index contributed by atoms with van der Waals surface area (Å²) < 4.78 is 24.4. The van der Waals surface area contributed by atoms with Gasteiger partial charge in [0.15, 0.2) is 11.5 Å². The Kier molecular flexibility index (Phi) is 4.54. The van der Waals surface area contributed by atoms with E-state index in [1.54, 1.807) is 23.1 Å². The first-order valence-electron chi connectivity index (χ1n) is 9.93. The van der Waals surface area contributed by atoms with Crippen LogP contribution >= 0.6 is 0 Å². The minimum Gasteiger partial charge on any atom is -0.454 e. The molecule has 30 heavy (non-hydrogen) atoms. The molecule has 0 radical (unpaired) electrons. The summed E-state index contributed by atoms with van der Waals surface area (Å²) in [6.45, 7) is 2.34. The van der Waals surface area contributed by atoms with Gasteiger partial charge in [0.1, 0.15) is 12.0 Å². The summed E-state index contributed by atoms with van der Waals surface area (Å²) in [6, 6.07) is 19.4. The summed E-state index contributed by atoms with van der Waals surface area (Å²) >= 11 is 0. The number of fused-ring (bicyclic) bond motifs is 2. The lowest BCUT2D eigenvalue weighted by Crippen LogP contribution is -2.52. The number of benzene rings is 3. The highest BCUT2D eigenvalue weighted by Gasteiger charge is 2.36. The molecule has 0 saturated heterocycles. The Labute approximate surface area is 174 Å². The highest BCUT2D eigenvalue weighted by Crippen LogP contribution is 2.36. The van der Waals surface area contributed by atoms with E-state index >= 15 is 0 Å². The summed E-state index contributed by atoms with van der Waals surface area (Å²) in [7, 11) is 0. The largest absolute Gasteiger partial charge is 0.454 e. The van der Waals surface area contributed by atoms with Crippen LogP contribution in [0.4, 0.5) is 15.8 Å². The van der Waals surface area contributed by atoms with Gasteiger partial charge in [-0.3, -0.25) is 9.69 Å². The summed E-state index contributed by atoms with van der Waals surface area (Å²) in [5.41, 5.74) is 3.17. The molecule has 152 valence electrons. The van der Waals surface area contributed by atoms with Crippen molar-refractivity contribution in [1.82, 2.24) is 0 Å². The van der Waals surface area contributed by atoms with Crippen LogP contribution in [0.25, 0.3) is 0 Å². The monoisotopic (exact) mass is 404 g/mol. The molecule has 0 aliphatic carbocycles. The molecule has 3 aromatic rings. The lowest BCUT2D eigenvalue weighted by Gasteiger charge is -2.41. The van der Waals surface area contributed by atoms with Crippen molar-refractivity contribution in [3.05, 3.63) is 83.7 Å². The number of carbonyl (C=O) groups excluding carboxylic acids is 1. The third-order valence-electron chi connectivity index (χ3n) is 5.60. The maximum absolute atomic E-state index is 13.5. The highest BCUT2D eigenvalue weighted by atomic mass is 19.1. The van der Waals surface area contributed by atoms with Crippen LogP contribution < -0.4 is 19.7 Å². The number of amides is 1. The Morgan fingerprint density at radius 2 is 1.83 bits per heavy atom. The smallest absolute Gasteiger partial charge is 0.262 e.